The van der Waals surface area contributed by atoms with Gasteiger partial charge in [0.25, 0.3) is 11.8 Å². The number of aromatic nitrogens is 2. The lowest BCUT2D eigenvalue weighted by molar-refractivity contribution is -0.120. The minimum absolute atomic E-state index is 0.0764. The molecular formula is C17H20N6O2. The zero-order valence-corrected chi connectivity index (χ0v) is 14.3. The number of hydrogen-bond acceptors (Lipinski definition) is 5. The molecule has 0 saturated heterocycles. The Morgan fingerprint density at radius 1 is 1.24 bits per heavy atom. The van der Waals surface area contributed by atoms with Gasteiger partial charge < -0.3 is 5.32 Å². The Morgan fingerprint density at radius 2 is 1.96 bits per heavy atom. The third kappa shape index (κ3) is 3.37. The van der Waals surface area contributed by atoms with Crippen LogP contribution in [0.15, 0.2) is 47.6 Å². The van der Waals surface area contributed by atoms with Gasteiger partial charge in [-0.15, -0.1) is 0 Å². The number of carbonyl (C=O) groups excluding carboxylic acids is 2. The molecular weight excluding hydrogens is 320 g/mol. The van der Waals surface area contributed by atoms with Crippen LogP contribution in [0.25, 0.3) is 0 Å². The second-order valence-electron chi connectivity index (χ2n) is 5.98. The summed E-state index contributed by atoms with van der Waals surface area (Å²) in [6.07, 6.45) is 1.62. The summed E-state index contributed by atoms with van der Waals surface area (Å²) in [6.45, 7) is 5.60. The van der Waals surface area contributed by atoms with Gasteiger partial charge in [0.05, 0.1) is 11.9 Å². The molecule has 1 aromatic carbocycles. The predicted octanol–water partition coefficient (Wildman–Crippen LogP) is 1.74. The van der Waals surface area contributed by atoms with Gasteiger partial charge in [-0.1, -0.05) is 18.2 Å². The van der Waals surface area contributed by atoms with Gasteiger partial charge in [-0.2, -0.15) is 5.10 Å². The average Bonchev–Trinajstić information content (AvgIpc) is 3.06. The van der Waals surface area contributed by atoms with E-state index in [0.717, 1.165) is 0 Å². The molecule has 0 fully saturated rings. The second kappa shape index (κ2) is 6.76. The lowest BCUT2D eigenvalue weighted by atomic mass is 10.2. The Labute approximate surface area is 145 Å². The molecule has 2 N–H and O–H groups in total. The van der Waals surface area contributed by atoms with Crippen LogP contribution < -0.4 is 15.8 Å². The highest BCUT2D eigenvalue weighted by Crippen LogP contribution is 2.17. The number of para-hydroxylation sites is 1. The Balaban J connectivity index is 1.81. The van der Waals surface area contributed by atoms with Crippen LogP contribution in [0.3, 0.4) is 0 Å². The second-order valence-corrected chi connectivity index (χ2v) is 5.98. The number of carbonyl (C=O) groups is 2. The Hall–Kier alpha value is -3.16. The van der Waals surface area contributed by atoms with E-state index in [1.54, 1.807) is 36.0 Å². The standard InChI is InChI=1S/C17H20N6O2/c1-11(2)22-14(9-10-18-22)20-16(24)15-19-12(3)17(25)23(21-15)13-7-5-4-6-8-13/h4-12H,1-3H3,(H,19,21)(H,20,24)/t12-/m1/s1. The van der Waals surface area contributed by atoms with Gasteiger partial charge in [0, 0.05) is 12.1 Å². The molecule has 8 heteroatoms. The van der Waals surface area contributed by atoms with Crippen molar-refractivity contribution in [2.75, 3.05) is 10.3 Å². The van der Waals surface area contributed by atoms with Crippen LogP contribution in [0.4, 0.5) is 11.5 Å². The number of anilines is 2. The summed E-state index contributed by atoms with van der Waals surface area (Å²) in [4.78, 5) is 29.1. The number of amides is 2. The van der Waals surface area contributed by atoms with E-state index in [9.17, 15) is 9.59 Å². The van der Waals surface area contributed by atoms with Crippen molar-refractivity contribution < 1.29 is 9.59 Å². The summed E-state index contributed by atoms with van der Waals surface area (Å²) in [5, 5.41) is 8.30. The summed E-state index contributed by atoms with van der Waals surface area (Å²) in [7, 11) is 0. The van der Waals surface area contributed by atoms with Crippen molar-refractivity contribution >= 4 is 29.2 Å². The van der Waals surface area contributed by atoms with Gasteiger partial charge in [-0.3, -0.25) is 15.0 Å². The molecule has 2 amide bonds. The first-order valence-corrected chi connectivity index (χ1v) is 8.05. The summed E-state index contributed by atoms with van der Waals surface area (Å²) in [5.74, 6) is -0.00886. The molecule has 1 atom stereocenters. The van der Waals surface area contributed by atoms with Crippen LogP contribution in [0.1, 0.15) is 26.8 Å². The van der Waals surface area contributed by atoms with Gasteiger partial charge in [0.15, 0.2) is 0 Å². The van der Waals surface area contributed by atoms with Gasteiger partial charge in [-0.05, 0) is 32.9 Å². The van der Waals surface area contributed by atoms with Crippen LogP contribution in [0, 0.1) is 0 Å². The maximum atomic E-state index is 12.6. The maximum absolute atomic E-state index is 12.6. The molecule has 3 rings (SSSR count). The molecule has 0 aliphatic carbocycles. The normalized spacial score (nSPS) is 17.3. The first-order chi connectivity index (χ1) is 12.0. The molecule has 0 unspecified atom stereocenters. The minimum atomic E-state index is -0.655. The number of amidine groups is 1. The number of nitrogens with zero attached hydrogens (tertiary/aromatic N) is 4. The smallest absolute Gasteiger partial charge is 0.293 e. The van der Waals surface area contributed by atoms with E-state index in [1.807, 2.05) is 32.0 Å². The molecule has 0 saturated carbocycles. The SMILES string of the molecule is CC(C)n1nccc1NC(=O)C1=N[C@H](C)C(=O)N(c2ccccc2)N1. The number of benzene rings is 1. The van der Waals surface area contributed by atoms with E-state index in [0.29, 0.717) is 11.5 Å². The Bertz CT molecular complexity index is 812. The van der Waals surface area contributed by atoms with E-state index in [2.05, 4.69) is 20.8 Å². The third-order valence-corrected chi connectivity index (χ3v) is 3.75. The molecule has 2 heterocycles. The fourth-order valence-corrected chi connectivity index (χ4v) is 2.50. The van der Waals surface area contributed by atoms with E-state index < -0.39 is 11.9 Å². The molecule has 1 aromatic heterocycles. The molecule has 2 aromatic rings. The molecule has 0 spiro atoms. The third-order valence-electron chi connectivity index (χ3n) is 3.75. The Kier molecular flexibility index (Phi) is 4.51. The molecule has 8 nitrogen and oxygen atoms in total. The lowest BCUT2D eigenvalue weighted by Gasteiger charge is -2.30. The average molecular weight is 340 g/mol. The Morgan fingerprint density at radius 3 is 2.64 bits per heavy atom. The quantitative estimate of drug-likeness (QED) is 0.887. The highest BCUT2D eigenvalue weighted by atomic mass is 16.2. The van der Waals surface area contributed by atoms with Crippen molar-refractivity contribution in [3.05, 3.63) is 42.6 Å². The van der Waals surface area contributed by atoms with Crippen LogP contribution in [-0.4, -0.2) is 33.5 Å². The molecule has 1 aliphatic heterocycles. The van der Waals surface area contributed by atoms with Gasteiger partial charge in [0.1, 0.15) is 11.9 Å². The largest absolute Gasteiger partial charge is 0.304 e. The summed E-state index contributed by atoms with van der Waals surface area (Å²) in [5.41, 5.74) is 3.45. The van der Waals surface area contributed by atoms with Crippen molar-refractivity contribution in [3.63, 3.8) is 0 Å². The number of rotatable bonds is 4. The molecule has 130 valence electrons. The number of nitrogens with one attached hydrogen (secondary N) is 2. The van der Waals surface area contributed by atoms with E-state index >= 15 is 0 Å². The maximum Gasteiger partial charge on any atom is 0.293 e. The summed E-state index contributed by atoms with van der Waals surface area (Å²) < 4.78 is 1.70. The summed E-state index contributed by atoms with van der Waals surface area (Å²) in [6, 6.07) is 10.2. The molecule has 0 bridgehead atoms. The van der Waals surface area contributed by atoms with Gasteiger partial charge in [0.2, 0.25) is 5.84 Å². The zero-order chi connectivity index (χ0) is 18.0. The first kappa shape index (κ1) is 16.7. The summed E-state index contributed by atoms with van der Waals surface area (Å²) >= 11 is 0. The van der Waals surface area contributed by atoms with Gasteiger partial charge >= 0.3 is 0 Å². The molecule has 1 aliphatic rings. The van der Waals surface area contributed by atoms with Crippen LogP contribution >= 0.6 is 0 Å². The number of aliphatic imine (C=N–C) groups is 1. The van der Waals surface area contributed by atoms with Crippen molar-refractivity contribution in [2.24, 2.45) is 4.99 Å². The van der Waals surface area contributed by atoms with Gasteiger partial charge in [-0.25, -0.2) is 14.7 Å². The van der Waals surface area contributed by atoms with E-state index in [1.165, 1.54) is 5.01 Å². The molecule has 25 heavy (non-hydrogen) atoms. The highest BCUT2D eigenvalue weighted by Gasteiger charge is 2.31. The van der Waals surface area contributed by atoms with Crippen molar-refractivity contribution in [1.29, 1.82) is 0 Å². The van der Waals surface area contributed by atoms with E-state index in [-0.39, 0.29) is 17.8 Å². The van der Waals surface area contributed by atoms with Crippen LogP contribution in [0.2, 0.25) is 0 Å². The van der Waals surface area contributed by atoms with Crippen LogP contribution in [-0.2, 0) is 9.59 Å². The van der Waals surface area contributed by atoms with Crippen molar-refractivity contribution in [1.82, 2.24) is 15.2 Å². The fourth-order valence-electron chi connectivity index (χ4n) is 2.50. The number of hydrogen-bond donors (Lipinski definition) is 2. The molecule has 0 radical (unpaired) electrons. The first-order valence-electron chi connectivity index (χ1n) is 8.05. The fraction of sp³-hybridized carbons (Fsp3) is 0.294. The topological polar surface area (TPSA) is 91.6 Å². The predicted molar refractivity (Wildman–Crippen MR) is 95.2 cm³/mol. The van der Waals surface area contributed by atoms with Crippen molar-refractivity contribution in [3.8, 4) is 0 Å². The van der Waals surface area contributed by atoms with Crippen molar-refractivity contribution in [2.45, 2.75) is 32.9 Å². The van der Waals surface area contributed by atoms with E-state index in [4.69, 9.17) is 0 Å². The highest BCUT2D eigenvalue weighted by molar-refractivity contribution is 6.43. The zero-order valence-electron chi connectivity index (χ0n) is 14.3. The number of hydrazine groups is 1. The minimum Gasteiger partial charge on any atom is -0.304 e. The van der Waals surface area contributed by atoms with Crippen LogP contribution in [0.5, 0.6) is 0 Å². The lowest BCUT2D eigenvalue weighted by Crippen LogP contribution is -2.57. The monoisotopic (exact) mass is 340 g/mol.